The average molecular weight is 326 g/mol. The number of urea groups is 1. The minimum Gasteiger partial charge on any atom is -0.334 e. The van der Waals surface area contributed by atoms with Crippen LogP contribution >= 0.6 is 0 Å². The number of hydrogen-bond acceptors (Lipinski definition) is 2. The predicted molar refractivity (Wildman–Crippen MR) is 94.6 cm³/mol. The van der Waals surface area contributed by atoms with Crippen LogP contribution in [0.25, 0.3) is 0 Å². The predicted octanol–water partition coefficient (Wildman–Crippen LogP) is 3.26. The minimum atomic E-state index is 0.0590. The summed E-state index contributed by atoms with van der Waals surface area (Å²) in [5.41, 5.74) is 2.34. The molecule has 0 radical (unpaired) electrons. The van der Waals surface area contributed by atoms with Gasteiger partial charge < -0.3 is 14.8 Å². The van der Waals surface area contributed by atoms with E-state index in [1.165, 1.54) is 18.4 Å². The van der Waals surface area contributed by atoms with Gasteiger partial charge in [-0.2, -0.15) is 0 Å². The molecule has 0 bridgehead atoms. The third-order valence-corrected chi connectivity index (χ3v) is 4.32. The highest BCUT2D eigenvalue weighted by Crippen LogP contribution is 2.29. The van der Waals surface area contributed by atoms with Crippen LogP contribution in [0.15, 0.2) is 43.0 Å². The molecule has 1 aliphatic carbocycles. The summed E-state index contributed by atoms with van der Waals surface area (Å²) in [5, 5.41) is 3.07. The molecular formula is C19H26N4O. The van der Waals surface area contributed by atoms with E-state index in [2.05, 4.69) is 35.4 Å². The minimum absolute atomic E-state index is 0.0590. The lowest BCUT2D eigenvalue weighted by Crippen LogP contribution is -2.41. The standard InChI is InChI=1S/C19H26N4O/c1-2-9-23(14-16-6-7-16)19(24)21-12-17-4-3-5-18(11-17)13-22-10-8-20-15-22/h3-5,8,10-11,15-16H,2,6-7,9,12-14H2,1H3,(H,21,24). The van der Waals surface area contributed by atoms with Gasteiger partial charge >= 0.3 is 6.03 Å². The van der Waals surface area contributed by atoms with Crippen LogP contribution in [0.4, 0.5) is 4.79 Å². The highest BCUT2D eigenvalue weighted by molar-refractivity contribution is 5.74. The monoisotopic (exact) mass is 326 g/mol. The molecule has 1 N–H and O–H groups in total. The zero-order valence-electron chi connectivity index (χ0n) is 14.3. The van der Waals surface area contributed by atoms with E-state index in [4.69, 9.17) is 0 Å². The summed E-state index contributed by atoms with van der Waals surface area (Å²) in [4.78, 5) is 18.4. The van der Waals surface area contributed by atoms with E-state index in [0.717, 1.165) is 37.5 Å². The molecule has 128 valence electrons. The van der Waals surface area contributed by atoms with E-state index >= 15 is 0 Å². The normalized spacial score (nSPS) is 13.7. The Bertz CT molecular complexity index is 649. The van der Waals surface area contributed by atoms with E-state index in [-0.39, 0.29) is 6.03 Å². The Kier molecular flexibility index (Phi) is 5.51. The summed E-state index contributed by atoms with van der Waals surface area (Å²) in [6.07, 6.45) is 9.09. The van der Waals surface area contributed by atoms with Crippen molar-refractivity contribution in [2.75, 3.05) is 13.1 Å². The molecule has 24 heavy (non-hydrogen) atoms. The number of benzene rings is 1. The summed E-state index contributed by atoms with van der Waals surface area (Å²) in [6, 6.07) is 8.40. The molecule has 2 aromatic rings. The van der Waals surface area contributed by atoms with Crippen molar-refractivity contribution in [2.45, 2.75) is 39.3 Å². The summed E-state index contributed by atoms with van der Waals surface area (Å²) in [7, 11) is 0. The number of amides is 2. The maximum Gasteiger partial charge on any atom is 0.317 e. The van der Waals surface area contributed by atoms with Crippen molar-refractivity contribution in [1.29, 1.82) is 0 Å². The summed E-state index contributed by atoms with van der Waals surface area (Å²) in [5.74, 6) is 0.723. The van der Waals surface area contributed by atoms with Crippen molar-refractivity contribution in [3.63, 3.8) is 0 Å². The zero-order valence-corrected chi connectivity index (χ0v) is 14.3. The molecule has 0 spiro atoms. The molecule has 5 nitrogen and oxygen atoms in total. The molecule has 2 amide bonds. The van der Waals surface area contributed by atoms with Crippen LogP contribution in [0.1, 0.15) is 37.3 Å². The van der Waals surface area contributed by atoms with Gasteiger partial charge in [0.2, 0.25) is 0 Å². The lowest BCUT2D eigenvalue weighted by Gasteiger charge is -2.22. The molecule has 1 aromatic carbocycles. The molecular weight excluding hydrogens is 300 g/mol. The van der Waals surface area contributed by atoms with E-state index < -0.39 is 0 Å². The van der Waals surface area contributed by atoms with Gasteiger partial charge in [0.25, 0.3) is 0 Å². The van der Waals surface area contributed by atoms with Crippen LogP contribution in [-0.4, -0.2) is 33.6 Å². The van der Waals surface area contributed by atoms with Crippen molar-refractivity contribution in [3.05, 3.63) is 54.1 Å². The number of nitrogens with zero attached hydrogens (tertiary/aromatic N) is 3. The Morgan fingerprint density at radius 3 is 2.92 bits per heavy atom. The van der Waals surface area contributed by atoms with Gasteiger partial charge in [-0.25, -0.2) is 9.78 Å². The third kappa shape index (κ3) is 4.85. The van der Waals surface area contributed by atoms with Gasteiger partial charge in [-0.3, -0.25) is 0 Å². The first kappa shape index (κ1) is 16.6. The molecule has 3 rings (SSSR count). The van der Waals surface area contributed by atoms with Crippen LogP contribution < -0.4 is 5.32 Å². The van der Waals surface area contributed by atoms with Gasteiger partial charge in [-0.1, -0.05) is 31.2 Å². The van der Waals surface area contributed by atoms with Crippen LogP contribution in [0.5, 0.6) is 0 Å². The summed E-state index contributed by atoms with van der Waals surface area (Å²) >= 11 is 0. The number of imidazole rings is 1. The molecule has 0 unspecified atom stereocenters. The fourth-order valence-corrected chi connectivity index (χ4v) is 2.88. The van der Waals surface area contributed by atoms with E-state index in [9.17, 15) is 4.79 Å². The van der Waals surface area contributed by atoms with Crippen LogP contribution in [0.2, 0.25) is 0 Å². The molecule has 1 aliphatic rings. The Balaban J connectivity index is 1.54. The van der Waals surface area contributed by atoms with Gasteiger partial charge in [0, 0.05) is 38.6 Å². The molecule has 1 heterocycles. The molecule has 1 fully saturated rings. The maximum absolute atomic E-state index is 12.4. The lowest BCUT2D eigenvalue weighted by atomic mass is 10.1. The molecule has 1 saturated carbocycles. The molecule has 5 heteroatoms. The Morgan fingerprint density at radius 1 is 1.38 bits per heavy atom. The molecule has 0 aliphatic heterocycles. The second-order valence-electron chi connectivity index (χ2n) is 6.60. The van der Waals surface area contributed by atoms with Crippen molar-refractivity contribution in [2.24, 2.45) is 5.92 Å². The number of nitrogens with one attached hydrogen (secondary N) is 1. The van der Waals surface area contributed by atoms with Gasteiger partial charge in [0.15, 0.2) is 0 Å². The van der Waals surface area contributed by atoms with E-state index in [0.29, 0.717) is 6.54 Å². The second kappa shape index (κ2) is 7.99. The van der Waals surface area contributed by atoms with Crippen molar-refractivity contribution in [3.8, 4) is 0 Å². The molecule has 1 aromatic heterocycles. The van der Waals surface area contributed by atoms with Crippen molar-refractivity contribution < 1.29 is 4.79 Å². The summed E-state index contributed by atoms with van der Waals surface area (Å²) < 4.78 is 2.04. The number of carbonyl (C=O) groups excluding carboxylic acids is 1. The van der Waals surface area contributed by atoms with Gasteiger partial charge in [0.05, 0.1) is 6.33 Å². The number of carbonyl (C=O) groups is 1. The van der Waals surface area contributed by atoms with Crippen molar-refractivity contribution in [1.82, 2.24) is 19.8 Å². The number of rotatable bonds is 8. The first-order chi connectivity index (χ1) is 11.7. The van der Waals surface area contributed by atoms with Crippen LogP contribution in [-0.2, 0) is 13.1 Å². The second-order valence-corrected chi connectivity index (χ2v) is 6.60. The quantitative estimate of drug-likeness (QED) is 0.809. The lowest BCUT2D eigenvalue weighted by molar-refractivity contribution is 0.195. The third-order valence-electron chi connectivity index (χ3n) is 4.32. The smallest absolute Gasteiger partial charge is 0.317 e. The SMILES string of the molecule is CCCN(CC1CC1)C(=O)NCc1cccc(Cn2ccnc2)c1. The van der Waals surface area contributed by atoms with E-state index in [1.54, 1.807) is 6.20 Å². The molecule has 0 atom stereocenters. The Morgan fingerprint density at radius 2 is 2.21 bits per heavy atom. The highest BCUT2D eigenvalue weighted by atomic mass is 16.2. The first-order valence-corrected chi connectivity index (χ1v) is 8.81. The Hall–Kier alpha value is -2.30. The maximum atomic E-state index is 12.4. The van der Waals surface area contributed by atoms with E-state index in [1.807, 2.05) is 28.1 Å². The van der Waals surface area contributed by atoms with Gasteiger partial charge in [-0.15, -0.1) is 0 Å². The van der Waals surface area contributed by atoms with Crippen molar-refractivity contribution >= 4 is 6.03 Å². The zero-order chi connectivity index (χ0) is 16.8. The average Bonchev–Trinajstić information content (AvgIpc) is 3.26. The van der Waals surface area contributed by atoms with Crippen LogP contribution in [0, 0.1) is 5.92 Å². The molecule has 0 saturated heterocycles. The van der Waals surface area contributed by atoms with Gasteiger partial charge in [-0.05, 0) is 36.3 Å². The topological polar surface area (TPSA) is 50.2 Å². The highest BCUT2D eigenvalue weighted by Gasteiger charge is 2.26. The van der Waals surface area contributed by atoms with Crippen LogP contribution in [0.3, 0.4) is 0 Å². The number of aromatic nitrogens is 2. The van der Waals surface area contributed by atoms with Gasteiger partial charge in [0.1, 0.15) is 0 Å². The fourth-order valence-electron chi connectivity index (χ4n) is 2.88. The Labute approximate surface area is 143 Å². The largest absolute Gasteiger partial charge is 0.334 e. The summed E-state index contributed by atoms with van der Waals surface area (Å²) in [6.45, 7) is 5.23. The first-order valence-electron chi connectivity index (χ1n) is 8.81. The number of hydrogen-bond donors (Lipinski definition) is 1. The fraction of sp³-hybridized carbons (Fsp3) is 0.474.